The van der Waals surface area contributed by atoms with Crippen LogP contribution in [0.3, 0.4) is 0 Å². The number of hydrogen-bond donors (Lipinski definition) is 1. The number of aromatic nitrogens is 5. The highest BCUT2D eigenvalue weighted by molar-refractivity contribution is 5.81. The van der Waals surface area contributed by atoms with Crippen LogP contribution in [0.2, 0.25) is 0 Å². The average Bonchev–Trinajstić information content (AvgIpc) is 3.71. The molecule has 5 aromatic rings. The number of nitrogens with one attached hydrogen (secondary N) is 1. The molecule has 6 rings (SSSR count). The van der Waals surface area contributed by atoms with Crippen LogP contribution in [0.15, 0.2) is 76.1 Å². The highest BCUT2D eigenvalue weighted by Gasteiger charge is 2.32. The summed E-state index contributed by atoms with van der Waals surface area (Å²) in [6, 6.07) is 19.6. The Morgan fingerprint density at radius 3 is 2.69 bits per heavy atom. The van der Waals surface area contributed by atoms with Crippen molar-refractivity contribution in [1.82, 2.24) is 30.1 Å². The van der Waals surface area contributed by atoms with Crippen molar-refractivity contribution in [3.63, 3.8) is 0 Å². The van der Waals surface area contributed by atoms with Crippen molar-refractivity contribution in [1.29, 1.82) is 0 Å². The van der Waals surface area contributed by atoms with Crippen molar-refractivity contribution in [2.75, 3.05) is 6.61 Å². The Morgan fingerprint density at radius 1 is 1.08 bits per heavy atom. The molecule has 9 heteroatoms. The van der Waals surface area contributed by atoms with E-state index >= 15 is 0 Å². The summed E-state index contributed by atoms with van der Waals surface area (Å²) in [6.07, 6.45) is 3.69. The molecule has 2 aromatic carbocycles. The van der Waals surface area contributed by atoms with Crippen LogP contribution < -0.4 is 5.56 Å². The van der Waals surface area contributed by atoms with E-state index in [2.05, 4.69) is 50.5 Å². The molecular weight excluding hydrogens is 492 g/mol. The molecule has 9 nitrogen and oxygen atoms in total. The van der Waals surface area contributed by atoms with Crippen LogP contribution in [-0.2, 0) is 24.4 Å². The van der Waals surface area contributed by atoms with E-state index in [9.17, 15) is 4.79 Å². The summed E-state index contributed by atoms with van der Waals surface area (Å²) in [6.45, 7) is 6.43. The van der Waals surface area contributed by atoms with E-state index in [1.807, 2.05) is 49.4 Å². The summed E-state index contributed by atoms with van der Waals surface area (Å²) in [7, 11) is 0. The van der Waals surface area contributed by atoms with Gasteiger partial charge >= 0.3 is 0 Å². The normalized spacial score (nSPS) is 16.3. The first-order valence-electron chi connectivity index (χ1n) is 13.4. The maximum Gasteiger partial charge on any atom is 0.253 e. The number of pyridine rings is 1. The van der Waals surface area contributed by atoms with Gasteiger partial charge in [-0.25, -0.2) is 4.68 Å². The predicted octanol–water partition coefficient (Wildman–Crippen LogP) is 4.70. The Kier molecular flexibility index (Phi) is 7.08. The molecule has 1 fully saturated rings. The number of rotatable bonds is 9. The number of H-pyrrole nitrogens is 1. The largest absolute Gasteiger partial charge is 0.468 e. The number of furan rings is 1. The minimum absolute atomic E-state index is 0.0426. The molecule has 0 radical (unpaired) electrons. The Bertz CT molecular complexity index is 1600. The summed E-state index contributed by atoms with van der Waals surface area (Å²) in [5, 5.41) is 13.9. The lowest BCUT2D eigenvalue weighted by atomic mass is 10.00. The lowest BCUT2D eigenvalue weighted by Crippen LogP contribution is -2.35. The molecule has 1 aliphatic heterocycles. The number of aromatic amines is 1. The van der Waals surface area contributed by atoms with E-state index in [1.54, 1.807) is 10.9 Å². The van der Waals surface area contributed by atoms with Crippen molar-refractivity contribution >= 4 is 10.9 Å². The third-order valence-electron chi connectivity index (χ3n) is 7.52. The van der Waals surface area contributed by atoms with Crippen molar-refractivity contribution in [3.8, 4) is 0 Å². The number of nitrogens with zero attached hydrogens (tertiary/aromatic N) is 5. The van der Waals surface area contributed by atoms with Gasteiger partial charge in [-0.3, -0.25) is 9.69 Å². The van der Waals surface area contributed by atoms with Crippen LogP contribution in [0.5, 0.6) is 0 Å². The highest BCUT2D eigenvalue weighted by atomic mass is 16.5. The summed E-state index contributed by atoms with van der Waals surface area (Å²) in [4.78, 5) is 19.1. The standard InChI is InChI=1S/C30H32N6O3/c1-20-14-23-16-26(30(37)31-27(23)15-21(20)2)28(29-32-33-34-36(29)19-25-11-7-13-39-25)35(18-24-10-6-12-38-24)17-22-8-4-3-5-9-22/h3-6,8-10,12,14-16,25,28H,7,11,13,17-19H2,1-2H3,(H,31,37)/t25-,28-/m0/s1. The molecule has 2 atom stereocenters. The van der Waals surface area contributed by atoms with Gasteiger partial charge in [-0.2, -0.15) is 0 Å². The van der Waals surface area contributed by atoms with Crippen LogP contribution in [-0.4, -0.2) is 42.8 Å². The second-order valence-corrected chi connectivity index (χ2v) is 10.3. The Morgan fingerprint density at radius 2 is 1.92 bits per heavy atom. The highest BCUT2D eigenvalue weighted by Crippen LogP contribution is 2.31. The fourth-order valence-corrected chi connectivity index (χ4v) is 5.37. The quantitative estimate of drug-likeness (QED) is 0.298. The predicted molar refractivity (Wildman–Crippen MR) is 147 cm³/mol. The number of benzene rings is 2. The molecule has 0 aliphatic carbocycles. The summed E-state index contributed by atoms with van der Waals surface area (Å²) in [5.41, 5.74) is 4.63. The molecule has 4 heterocycles. The third-order valence-corrected chi connectivity index (χ3v) is 7.52. The molecule has 0 bridgehead atoms. The molecule has 0 spiro atoms. The molecular formula is C30H32N6O3. The molecule has 39 heavy (non-hydrogen) atoms. The molecule has 1 saturated heterocycles. The summed E-state index contributed by atoms with van der Waals surface area (Å²) >= 11 is 0. The van der Waals surface area contributed by atoms with Gasteiger partial charge in [0.05, 0.1) is 25.5 Å². The van der Waals surface area contributed by atoms with Gasteiger partial charge in [-0.15, -0.1) is 5.10 Å². The molecule has 1 N–H and O–H groups in total. The van der Waals surface area contributed by atoms with Crippen molar-refractivity contribution in [3.05, 3.63) is 111 Å². The van der Waals surface area contributed by atoms with E-state index < -0.39 is 6.04 Å². The topological polar surface area (TPSA) is 102 Å². The fraction of sp³-hybridized carbons (Fsp3) is 0.333. The van der Waals surface area contributed by atoms with Crippen molar-refractivity contribution in [2.24, 2.45) is 0 Å². The third kappa shape index (κ3) is 5.41. The van der Waals surface area contributed by atoms with Gasteiger partial charge in [-0.05, 0) is 89.5 Å². The van der Waals surface area contributed by atoms with Gasteiger partial charge in [0.15, 0.2) is 5.82 Å². The van der Waals surface area contributed by atoms with E-state index in [4.69, 9.17) is 9.15 Å². The fourth-order valence-electron chi connectivity index (χ4n) is 5.37. The van der Waals surface area contributed by atoms with Crippen LogP contribution in [0.1, 0.15) is 52.7 Å². The van der Waals surface area contributed by atoms with Crippen LogP contribution >= 0.6 is 0 Å². The molecule has 0 saturated carbocycles. The van der Waals surface area contributed by atoms with Crippen LogP contribution in [0, 0.1) is 13.8 Å². The van der Waals surface area contributed by atoms with Gasteiger partial charge in [0.25, 0.3) is 5.56 Å². The summed E-state index contributed by atoms with van der Waals surface area (Å²) < 4.78 is 13.5. The molecule has 1 aliphatic rings. The smallest absolute Gasteiger partial charge is 0.253 e. The van der Waals surface area contributed by atoms with Crippen LogP contribution in [0.4, 0.5) is 0 Å². The Hall–Kier alpha value is -4.08. The number of aryl methyl sites for hydroxylation is 2. The minimum atomic E-state index is -0.540. The molecule has 0 amide bonds. The lowest BCUT2D eigenvalue weighted by molar-refractivity contribution is 0.0901. The van der Waals surface area contributed by atoms with Gasteiger partial charge in [0, 0.05) is 24.2 Å². The number of hydrogen-bond acceptors (Lipinski definition) is 7. The first-order valence-corrected chi connectivity index (χ1v) is 13.4. The molecule has 0 unspecified atom stereocenters. The minimum Gasteiger partial charge on any atom is -0.468 e. The second kappa shape index (κ2) is 11.0. The van der Waals surface area contributed by atoms with E-state index in [-0.39, 0.29) is 11.7 Å². The Labute approximate surface area is 226 Å². The number of fused-ring (bicyclic) bond motifs is 1. The number of tetrazole rings is 1. The molecule has 3 aromatic heterocycles. The zero-order chi connectivity index (χ0) is 26.8. The van der Waals surface area contributed by atoms with E-state index in [1.165, 1.54) is 0 Å². The maximum atomic E-state index is 13.8. The maximum absolute atomic E-state index is 13.8. The van der Waals surface area contributed by atoms with E-state index in [0.717, 1.165) is 52.8 Å². The van der Waals surface area contributed by atoms with Gasteiger partial charge in [0.1, 0.15) is 11.8 Å². The Balaban J connectivity index is 1.51. The van der Waals surface area contributed by atoms with Gasteiger partial charge in [-0.1, -0.05) is 30.3 Å². The number of ether oxygens (including phenoxy) is 1. The SMILES string of the molecule is Cc1cc2cc([C@@H](c3nnnn3C[C@@H]3CCCO3)N(Cc3ccccc3)Cc3ccco3)c(=O)[nH]c2cc1C. The van der Waals surface area contributed by atoms with Gasteiger partial charge in [0.2, 0.25) is 0 Å². The van der Waals surface area contributed by atoms with Crippen molar-refractivity contribution in [2.45, 2.75) is 58.5 Å². The van der Waals surface area contributed by atoms with Gasteiger partial charge < -0.3 is 14.1 Å². The molecule has 200 valence electrons. The zero-order valence-electron chi connectivity index (χ0n) is 22.2. The second-order valence-electron chi connectivity index (χ2n) is 10.3. The van der Waals surface area contributed by atoms with E-state index in [0.29, 0.717) is 31.0 Å². The first kappa shape index (κ1) is 25.2. The van der Waals surface area contributed by atoms with Crippen molar-refractivity contribution < 1.29 is 9.15 Å². The first-order chi connectivity index (χ1) is 19.0. The lowest BCUT2D eigenvalue weighted by Gasteiger charge is -2.30. The summed E-state index contributed by atoms with van der Waals surface area (Å²) in [5.74, 6) is 1.39. The zero-order valence-corrected chi connectivity index (χ0v) is 22.2. The average molecular weight is 525 g/mol. The van der Waals surface area contributed by atoms with Crippen LogP contribution in [0.25, 0.3) is 10.9 Å². The monoisotopic (exact) mass is 524 g/mol.